The lowest BCUT2D eigenvalue weighted by Gasteiger charge is -2.34. The summed E-state index contributed by atoms with van der Waals surface area (Å²) in [5.41, 5.74) is 15.7. The normalized spacial score (nSPS) is 13.0. The number of hydrogen-bond donors (Lipinski definition) is 0. The molecule has 1 heterocycles. The molecular weight excluding hydrogens is 651 g/mol. The summed E-state index contributed by atoms with van der Waals surface area (Å²) in [4.78, 5) is 0. The summed E-state index contributed by atoms with van der Waals surface area (Å²) in [6, 6.07) is 78.4. The number of para-hydroxylation sites is 2. The fourth-order valence-corrected chi connectivity index (χ4v) is 9.39. The molecule has 1 aliphatic rings. The van der Waals surface area contributed by atoms with Crippen LogP contribution in [0.1, 0.15) is 22.3 Å². The lowest BCUT2D eigenvalue weighted by atomic mass is 9.67. The maximum absolute atomic E-state index is 2.53. The van der Waals surface area contributed by atoms with Gasteiger partial charge >= 0.3 is 0 Å². The van der Waals surface area contributed by atoms with Gasteiger partial charge in [0.15, 0.2) is 0 Å². The van der Waals surface area contributed by atoms with Crippen molar-refractivity contribution in [3.8, 4) is 39.1 Å². The predicted molar refractivity (Wildman–Crippen MR) is 226 cm³/mol. The molecule has 0 amide bonds. The number of aromatic nitrogens is 1. The molecule has 1 heteroatoms. The molecule has 1 aromatic heterocycles. The Bertz CT molecular complexity index is 2970. The third-order valence-electron chi connectivity index (χ3n) is 11.7. The van der Waals surface area contributed by atoms with E-state index in [2.05, 4.69) is 217 Å². The Hall–Kier alpha value is -6.96. The molecule has 9 aromatic carbocycles. The van der Waals surface area contributed by atoms with E-state index in [0.29, 0.717) is 0 Å². The van der Waals surface area contributed by atoms with Crippen LogP contribution in [0.4, 0.5) is 0 Å². The average Bonchev–Trinajstić information content (AvgIpc) is 3.75. The van der Waals surface area contributed by atoms with Gasteiger partial charge < -0.3 is 4.57 Å². The van der Waals surface area contributed by atoms with Crippen LogP contribution in [0.3, 0.4) is 0 Å². The van der Waals surface area contributed by atoms with Crippen molar-refractivity contribution in [1.82, 2.24) is 4.57 Å². The van der Waals surface area contributed by atoms with E-state index in [1.807, 2.05) is 0 Å². The van der Waals surface area contributed by atoms with Gasteiger partial charge in [-0.1, -0.05) is 170 Å². The minimum Gasteiger partial charge on any atom is -0.309 e. The molecule has 252 valence electrons. The first-order valence-corrected chi connectivity index (χ1v) is 18.8. The molecule has 1 aliphatic carbocycles. The minimum atomic E-state index is -0.538. The highest BCUT2D eigenvalue weighted by atomic mass is 15.0. The minimum absolute atomic E-state index is 0.538. The van der Waals surface area contributed by atoms with Gasteiger partial charge in [-0.25, -0.2) is 0 Å². The first kappa shape index (κ1) is 30.6. The van der Waals surface area contributed by atoms with E-state index in [1.54, 1.807) is 0 Å². The summed E-state index contributed by atoms with van der Waals surface area (Å²) in [5, 5.41) is 5.05. The Morgan fingerprint density at radius 3 is 1.57 bits per heavy atom. The van der Waals surface area contributed by atoms with Crippen molar-refractivity contribution < 1.29 is 0 Å². The van der Waals surface area contributed by atoms with Crippen LogP contribution in [0, 0.1) is 0 Å². The summed E-state index contributed by atoms with van der Waals surface area (Å²) in [6.45, 7) is 0. The van der Waals surface area contributed by atoms with Gasteiger partial charge in [-0.05, 0) is 109 Å². The van der Waals surface area contributed by atoms with Gasteiger partial charge in [0.25, 0.3) is 0 Å². The number of hydrogen-bond acceptors (Lipinski definition) is 0. The maximum Gasteiger partial charge on any atom is 0.0714 e. The Kier molecular flexibility index (Phi) is 6.84. The number of benzene rings is 9. The topological polar surface area (TPSA) is 4.93 Å². The fraction of sp³-hybridized carbons (Fsp3) is 0.0189. The summed E-state index contributed by atoms with van der Waals surface area (Å²) in [5.74, 6) is 0. The zero-order valence-corrected chi connectivity index (χ0v) is 29.7. The molecule has 54 heavy (non-hydrogen) atoms. The van der Waals surface area contributed by atoms with Crippen molar-refractivity contribution in [1.29, 1.82) is 0 Å². The molecule has 0 aliphatic heterocycles. The molecule has 0 bridgehead atoms. The van der Waals surface area contributed by atoms with Crippen molar-refractivity contribution in [2.45, 2.75) is 5.41 Å². The van der Waals surface area contributed by atoms with Crippen molar-refractivity contribution in [2.24, 2.45) is 0 Å². The Morgan fingerprint density at radius 2 is 0.870 bits per heavy atom. The molecule has 0 unspecified atom stereocenters. The monoisotopic (exact) mass is 685 g/mol. The quantitative estimate of drug-likeness (QED) is 0.170. The van der Waals surface area contributed by atoms with E-state index in [1.165, 1.54) is 93.9 Å². The molecule has 0 radical (unpaired) electrons. The van der Waals surface area contributed by atoms with E-state index in [4.69, 9.17) is 0 Å². The largest absolute Gasteiger partial charge is 0.309 e. The first-order chi connectivity index (χ1) is 26.8. The molecule has 11 rings (SSSR count). The molecule has 0 atom stereocenters. The number of nitrogens with zero attached hydrogens (tertiary/aromatic N) is 1. The van der Waals surface area contributed by atoms with Crippen molar-refractivity contribution >= 4 is 32.6 Å². The van der Waals surface area contributed by atoms with E-state index < -0.39 is 5.41 Å². The highest BCUT2D eigenvalue weighted by Gasteiger charge is 2.47. The van der Waals surface area contributed by atoms with Crippen molar-refractivity contribution in [2.75, 3.05) is 0 Å². The van der Waals surface area contributed by atoms with Crippen LogP contribution in [0.5, 0.6) is 0 Å². The third kappa shape index (κ3) is 4.39. The molecule has 0 fully saturated rings. The molecule has 0 N–H and O–H groups in total. The lowest BCUT2D eigenvalue weighted by Crippen LogP contribution is -2.28. The molecule has 0 spiro atoms. The van der Waals surface area contributed by atoms with Gasteiger partial charge in [0.2, 0.25) is 0 Å². The van der Waals surface area contributed by atoms with Gasteiger partial charge in [-0.3, -0.25) is 0 Å². The van der Waals surface area contributed by atoms with Crippen molar-refractivity contribution in [3.05, 3.63) is 235 Å². The zero-order valence-electron chi connectivity index (χ0n) is 29.7. The second kappa shape index (κ2) is 12.0. The van der Waals surface area contributed by atoms with Crippen LogP contribution in [0.15, 0.2) is 212 Å². The van der Waals surface area contributed by atoms with E-state index in [9.17, 15) is 0 Å². The summed E-state index contributed by atoms with van der Waals surface area (Å²) in [7, 11) is 0. The highest BCUT2D eigenvalue weighted by Crippen LogP contribution is 2.59. The van der Waals surface area contributed by atoms with Crippen LogP contribution in [-0.2, 0) is 5.41 Å². The fourth-order valence-electron chi connectivity index (χ4n) is 9.39. The van der Waals surface area contributed by atoms with E-state index in [-0.39, 0.29) is 0 Å². The zero-order chi connectivity index (χ0) is 35.6. The highest BCUT2D eigenvalue weighted by molar-refractivity contribution is 6.14. The standard InChI is InChI=1S/C53H35N/c1-5-17-36(18-6-1)37-29-31-45-48(34-37)53(39-19-7-2-8-20-39,40-21-9-3-10-22-40)49-35-46(42-25-13-14-27-44(42)52(45)49)38-30-32-51-47(33-38)43-26-15-16-28-50(43)54(51)41-23-11-4-12-24-41/h1-35H. The molecule has 10 aromatic rings. The molecule has 0 saturated heterocycles. The van der Waals surface area contributed by atoms with Crippen molar-refractivity contribution in [3.63, 3.8) is 0 Å². The predicted octanol–water partition coefficient (Wildman–Crippen LogP) is 13.6. The van der Waals surface area contributed by atoms with Crippen LogP contribution < -0.4 is 0 Å². The van der Waals surface area contributed by atoms with E-state index >= 15 is 0 Å². The number of rotatable bonds is 5. The molecule has 1 nitrogen and oxygen atoms in total. The Balaban J connectivity index is 1.25. The van der Waals surface area contributed by atoms with Gasteiger partial charge in [0, 0.05) is 16.5 Å². The van der Waals surface area contributed by atoms with Gasteiger partial charge in [-0.15, -0.1) is 0 Å². The summed E-state index contributed by atoms with van der Waals surface area (Å²) >= 11 is 0. The second-order valence-electron chi connectivity index (χ2n) is 14.4. The Labute approximate surface area is 315 Å². The third-order valence-corrected chi connectivity index (χ3v) is 11.7. The van der Waals surface area contributed by atoms with Gasteiger partial charge in [-0.2, -0.15) is 0 Å². The lowest BCUT2D eigenvalue weighted by molar-refractivity contribution is 0.769. The summed E-state index contributed by atoms with van der Waals surface area (Å²) < 4.78 is 2.39. The van der Waals surface area contributed by atoms with Crippen LogP contribution in [-0.4, -0.2) is 4.57 Å². The summed E-state index contributed by atoms with van der Waals surface area (Å²) in [6.07, 6.45) is 0. The first-order valence-electron chi connectivity index (χ1n) is 18.8. The van der Waals surface area contributed by atoms with Crippen LogP contribution in [0.2, 0.25) is 0 Å². The maximum atomic E-state index is 2.53. The molecule has 0 saturated carbocycles. The average molecular weight is 686 g/mol. The molecular formula is C53H35N. The van der Waals surface area contributed by atoms with E-state index in [0.717, 1.165) is 0 Å². The Morgan fingerprint density at radius 1 is 0.315 bits per heavy atom. The smallest absolute Gasteiger partial charge is 0.0714 e. The SMILES string of the molecule is c1ccc(-c2ccc3c(c2)C(c2ccccc2)(c2ccccc2)c2cc(-c4ccc5c(c4)c4ccccc4n5-c4ccccc4)c4ccccc4c2-3)cc1. The van der Waals surface area contributed by atoms with Gasteiger partial charge in [0.05, 0.1) is 16.4 Å². The van der Waals surface area contributed by atoms with Crippen LogP contribution >= 0.6 is 0 Å². The number of fused-ring (bicyclic) bond motifs is 8. The van der Waals surface area contributed by atoms with Crippen LogP contribution in [0.25, 0.3) is 71.6 Å². The van der Waals surface area contributed by atoms with Gasteiger partial charge in [0.1, 0.15) is 0 Å². The second-order valence-corrected chi connectivity index (χ2v) is 14.4.